The third kappa shape index (κ3) is 2.93. The number of hydrogen-bond acceptors (Lipinski definition) is 4. The van der Waals surface area contributed by atoms with Crippen LogP contribution in [-0.2, 0) is 0 Å². The number of nitriles is 1. The molecule has 4 heteroatoms. The van der Waals surface area contributed by atoms with E-state index in [1.54, 1.807) is 18.3 Å². The maximum absolute atomic E-state index is 8.94. The van der Waals surface area contributed by atoms with Crippen LogP contribution in [0.3, 0.4) is 0 Å². The second kappa shape index (κ2) is 5.99. The largest absolute Gasteiger partial charge is 0.395 e. The molecule has 0 atom stereocenters. The monoisotopic (exact) mass is 205 g/mol. The normalized spacial score (nSPS) is 9.67. The standard InChI is InChI=1S/C11H15N3O/c1-2-6-14(7-8-15)11-10(9-12)4-3-5-13-11/h3-5,15H,2,6-8H2,1H3. The van der Waals surface area contributed by atoms with Crippen LogP contribution in [0.2, 0.25) is 0 Å². The molecule has 1 N–H and O–H groups in total. The average Bonchev–Trinajstić information content (AvgIpc) is 2.29. The van der Waals surface area contributed by atoms with Gasteiger partial charge in [-0.1, -0.05) is 6.92 Å². The molecule has 0 saturated heterocycles. The van der Waals surface area contributed by atoms with Crippen molar-refractivity contribution in [1.29, 1.82) is 5.26 Å². The molecule has 0 aliphatic heterocycles. The molecule has 15 heavy (non-hydrogen) atoms. The molecule has 0 spiro atoms. The Morgan fingerprint density at radius 2 is 2.33 bits per heavy atom. The van der Waals surface area contributed by atoms with Gasteiger partial charge in [0.2, 0.25) is 0 Å². The molecule has 0 aliphatic rings. The summed E-state index contributed by atoms with van der Waals surface area (Å²) in [5.74, 6) is 0.663. The summed E-state index contributed by atoms with van der Waals surface area (Å²) in [4.78, 5) is 6.11. The predicted octanol–water partition coefficient (Wildman–Crippen LogP) is 1.16. The molecule has 0 fully saturated rings. The first kappa shape index (κ1) is 11.5. The van der Waals surface area contributed by atoms with Crippen molar-refractivity contribution in [3.05, 3.63) is 23.9 Å². The molecular weight excluding hydrogens is 190 g/mol. The van der Waals surface area contributed by atoms with Crippen LogP contribution in [0.25, 0.3) is 0 Å². The minimum atomic E-state index is 0.0709. The molecule has 1 aromatic rings. The van der Waals surface area contributed by atoms with Crippen molar-refractivity contribution in [2.75, 3.05) is 24.6 Å². The number of pyridine rings is 1. The Morgan fingerprint density at radius 3 is 2.93 bits per heavy atom. The highest BCUT2D eigenvalue weighted by Gasteiger charge is 2.10. The molecule has 0 bridgehead atoms. The highest BCUT2D eigenvalue weighted by atomic mass is 16.3. The van der Waals surface area contributed by atoms with Gasteiger partial charge in [-0.15, -0.1) is 0 Å². The van der Waals surface area contributed by atoms with Gasteiger partial charge in [0.15, 0.2) is 0 Å². The van der Waals surface area contributed by atoms with E-state index >= 15 is 0 Å². The molecule has 0 aromatic carbocycles. The van der Waals surface area contributed by atoms with Gasteiger partial charge in [0, 0.05) is 19.3 Å². The minimum absolute atomic E-state index is 0.0709. The first-order valence-electron chi connectivity index (χ1n) is 5.04. The molecular formula is C11H15N3O. The molecule has 0 amide bonds. The van der Waals surface area contributed by atoms with Crippen LogP contribution >= 0.6 is 0 Å². The van der Waals surface area contributed by atoms with E-state index in [0.29, 0.717) is 17.9 Å². The van der Waals surface area contributed by atoms with Crippen LogP contribution in [0.1, 0.15) is 18.9 Å². The molecule has 80 valence electrons. The summed E-state index contributed by atoms with van der Waals surface area (Å²) in [6.45, 7) is 3.44. The smallest absolute Gasteiger partial charge is 0.146 e. The quantitative estimate of drug-likeness (QED) is 0.783. The first-order valence-corrected chi connectivity index (χ1v) is 5.04. The van der Waals surface area contributed by atoms with Crippen molar-refractivity contribution in [3.8, 4) is 6.07 Å². The molecule has 1 rings (SSSR count). The molecule has 0 aliphatic carbocycles. The maximum Gasteiger partial charge on any atom is 0.146 e. The lowest BCUT2D eigenvalue weighted by atomic mass is 10.2. The Morgan fingerprint density at radius 1 is 1.53 bits per heavy atom. The van der Waals surface area contributed by atoms with Crippen LogP contribution in [0.4, 0.5) is 5.82 Å². The average molecular weight is 205 g/mol. The molecule has 0 unspecified atom stereocenters. The molecule has 1 aromatic heterocycles. The van der Waals surface area contributed by atoms with E-state index in [4.69, 9.17) is 10.4 Å². The Balaban J connectivity index is 2.94. The summed E-state index contributed by atoms with van der Waals surface area (Å²) in [7, 11) is 0. The zero-order valence-corrected chi connectivity index (χ0v) is 8.85. The van der Waals surface area contributed by atoms with Gasteiger partial charge in [-0.3, -0.25) is 0 Å². The molecule has 0 saturated carbocycles. The third-order valence-electron chi connectivity index (χ3n) is 2.07. The van der Waals surface area contributed by atoms with Gasteiger partial charge in [-0.05, 0) is 18.6 Å². The maximum atomic E-state index is 8.94. The molecule has 1 heterocycles. The molecule has 0 radical (unpaired) electrons. The van der Waals surface area contributed by atoms with Gasteiger partial charge in [0.25, 0.3) is 0 Å². The Bertz CT molecular complexity index is 340. The molecule has 4 nitrogen and oxygen atoms in total. The Kier molecular flexibility index (Phi) is 4.58. The van der Waals surface area contributed by atoms with E-state index in [2.05, 4.69) is 18.0 Å². The number of aliphatic hydroxyl groups excluding tert-OH is 1. The fourth-order valence-electron chi connectivity index (χ4n) is 1.45. The second-order valence-electron chi connectivity index (χ2n) is 3.20. The lowest BCUT2D eigenvalue weighted by Crippen LogP contribution is -2.29. The summed E-state index contributed by atoms with van der Waals surface area (Å²) in [6, 6.07) is 5.59. The highest BCUT2D eigenvalue weighted by molar-refractivity contribution is 5.53. The zero-order valence-electron chi connectivity index (χ0n) is 8.85. The fourth-order valence-corrected chi connectivity index (χ4v) is 1.45. The summed E-state index contributed by atoms with van der Waals surface area (Å²) in [5, 5.41) is 17.9. The number of nitrogens with zero attached hydrogens (tertiary/aromatic N) is 3. The number of anilines is 1. The van der Waals surface area contributed by atoms with Gasteiger partial charge < -0.3 is 10.0 Å². The summed E-state index contributed by atoms with van der Waals surface area (Å²) >= 11 is 0. The first-order chi connectivity index (χ1) is 7.33. The van der Waals surface area contributed by atoms with Crippen molar-refractivity contribution in [3.63, 3.8) is 0 Å². The summed E-state index contributed by atoms with van der Waals surface area (Å²) in [5.41, 5.74) is 0.555. The van der Waals surface area contributed by atoms with Crippen LogP contribution < -0.4 is 4.90 Å². The van der Waals surface area contributed by atoms with Crippen LogP contribution in [0.5, 0.6) is 0 Å². The number of rotatable bonds is 5. The van der Waals surface area contributed by atoms with Crippen molar-refractivity contribution in [1.82, 2.24) is 4.98 Å². The van der Waals surface area contributed by atoms with Crippen molar-refractivity contribution in [2.24, 2.45) is 0 Å². The van der Waals surface area contributed by atoms with Gasteiger partial charge >= 0.3 is 0 Å². The van der Waals surface area contributed by atoms with E-state index in [1.807, 2.05) is 4.90 Å². The lowest BCUT2D eigenvalue weighted by Gasteiger charge is -2.22. The van der Waals surface area contributed by atoms with E-state index in [1.165, 1.54) is 0 Å². The van der Waals surface area contributed by atoms with Crippen LogP contribution in [0.15, 0.2) is 18.3 Å². The van der Waals surface area contributed by atoms with E-state index in [9.17, 15) is 0 Å². The number of aromatic nitrogens is 1. The van der Waals surface area contributed by atoms with Crippen molar-refractivity contribution in [2.45, 2.75) is 13.3 Å². The SMILES string of the molecule is CCCN(CCO)c1ncccc1C#N. The van der Waals surface area contributed by atoms with E-state index in [-0.39, 0.29) is 6.61 Å². The minimum Gasteiger partial charge on any atom is -0.395 e. The van der Waals surface area contributed by atoms with Gasteiger partial charge in [0.1, 0.15) is 11.9 Å². The van der Waals surface area contributed by atoms with Crippen LogP contribution in [0, 0.1) is 11.3 Å². The van der Waals surface area contributed by atoms with Gasteiger partial charge in [-0.2, -0.15) is 5.26 Å². The third-order valence-corrected chi connectivity index (χ3v) is 2.07. The number of aliphatic hydroxyl groups is 1. The van der Waals surface area contributed by atoms with Gasteiger partial charge in [-0.25, -0.2) is 4.98 Å². The predicted molar refractivity (Wildman–Crippen MR) is 58.5 cm³/mol. The van der Waals surface area contributed by atoms with Crippen molar-refractivity contribution < 1.29 is 5.11 Å². The topological polar surface area (TPSA) is 60.1 Å². The second-order valence-corrected chi connectivity index (χ2v) is 3.20. The van der Waals surface area contributed by atoms with Crippen molar-refractivity contribution >= 4 is 5.82 Å². The van der Waals surface area contributed by atoms with Crippen LogP contribution in [-0.4, -0.2) is 29.8 Å². The fraction of sp³-hybridized carbons (Fsp3) is 0.455. The van der Waals surface area contributed by atoms with E-state index < -0.39 is 0 Å². The van der Waals surface area contributed by atoms with Gasteiger partial charge in [0.05, 0.1) is 12.2 Å². The van der Waals surface area contributed by atoms with E-state index in [0.717, 1.165) is 13.0 Å². The number of hydrogen-bond donors (Lipinski definition) is 1. The highest BCUT2D eigenvalue weighted by Crippen LogP contribution is 2.15. The zero-order chi connectivity index (χ0) is 11.1. The Labute approximate surface area is 89.8 Å². The summed E-state index contributed by atoms with van der Waals surface area (Å²) < 4.78 is 0. The Hall–Kier alpha value is -1.60. The lowest BCUT2D eigenvalue weighted by molar-refractivity contribution is 0.301. The summed E-state index contributed by atoms with van der Waals surface area (Å²) in [6.07, 6.45) is 2.62.